The van der Waals surface area contributed by atoms with Gasteiger partial charge in [-0.25, -0.2) is 13.2 Å². The molecule has 1 aromatic carbocycles. The highest BCUT2D eigenvalue weighted by atomic mass is 32.2. The summed E-state index contributed by atoms with van der Waals surface area (Å²) in [4.78, 5) is 38.8. The van der Waals surface area contributed by atoms with Gasteiger partial charge in [0.1, 0.15) is 0 Å². The molecule has 1 aromatic rings. The van der Waals surface area contributed by atoms with Crippen molar-refractivity contribution < 1.29 is 27.5 Å². The molecule has 28 heavy (non-hydrogen) atoms. The fourth-order valence-electron chi connectivity index (χ4n) is 3.29. The summed E-state index contributed by atoms with van der Waals surface area (Å²) >= 11 is 1.41. The predicted octanol–water partition coefficient (Wildman–Crippen LogP) is 1.31. The van der Waals surface area contributed by atoms with E-state index in [2.05, 4.69) is 5.32 Å². The third-order valence-electron chi connectivity index (χ3n) is 4.78. The number of esters is 1. The van der Waals surface area contributed by atoms with Crippen LogP contribution in [0.3, 0.4) is 0 Å². The van der Waals surface area contributed by atoms with E-state index < -0.39 is 28.3 Å². The number of carbonyl (C=O) groups is 3. The number of anilines is 1. The molecule has 0 radical (unpaired) electrons. The van der Waals surface area contributed by atoms with Gasteiger partial charge in [-0.1, -0.05) is 0 Å². The molecule has 0 bridgehead atoms. The highest BCUT2D eigenvalue weighted by Crippen LogP contribution is 2.36. The van der Waals surface area contributed by atoms with Crippen LogP contribution in [0.1, 0.15) is 30.6 Å². The van der Waals surface area contributed by atoms with Crippen LogP contribution >= 0.6 is 11.8 Å². The maximum atomic E-state index is 12.4. The van der Waals surface area contributed by atoms with Crippen LogP contribution in [0, 0.1) is 0 Å². The highest BCUT2D eigenvalue weighted by Gasteiger charge is 2.34. The maximum Gasteiger partial charge on any atom is 0.338 e. The van der Waals surface area contributed by atoms with Crippen molar-refractivity contribution in [3.63, 3.8) is 0 Å². The van der Waals surface area contributed by atoms with Crippen molar-refractivity contribution in [1.82, 2.24) is 4.90 Å². The molecule has 3 rings (SSSR count). The van der Waals surface area contributed by atoms with Gasteiger partial charge in [-0.2, -0.15) is 0 Å². The quantitative estimate of drug-likeness (QED) is 0.707. The molecule has 152 valence electrons. The predicted molar refractivity (Wildman–Crippen MR) is 105 cm³/mol. The largest absolute Gasteiger partial charge is 0.452 e. The van der Waals surface area contributed by atoms with Crippen LogP contribution < -0.4 is 5.32 Å². The van der Waals surface area contributed by atoms with Crippen molar-refractivity contribution >= 4 is 45.1 Å². The molecule has 2 aliphatic heterocycles. The fourth-order valence-corrected chi connectivity index (χ4v) is 5.95. The van der Waals surface area contributed by atoms with Gasteiger partial charge in [0.2, 0.25) is 5.91 Å². The van der Waals surface area contributed by atoms with Gasteiger partial charge in [-0.3, -0.25) is 9.59 Å². The monoisotopic (exact) mass is 426 g/mol. The molecule has 2 aliphatic rings. The molecular formula is C18H22N2O6S2. The standard InChI is InChI=1S/C18H22N2O6S2/c1-3-20(13-6-7-28(24,25)10-13)16(21)9-26-18(23)12-4-5-15-14(8-12)19-17(22)11(2)27-15/h4-5,8,11,13H,3,6-7,9-10H2,1-2H3,(H,19,22). The molecule has 2 unspecified atom stereocenters. The maximum absolute atomic E-state index is 12.4. The summed E-state index contributed by atoms with van der Waals surface area (Å²) in [5.74, 6) is -1.22. The van der Waals surface area contributed by atoms with E-state index in [1.165, 1.54) is 22.7 Å². The molecule has 2 amide bonds. The van der Waals surface area contributed by atoms with Crippen LogP contribution in [0.2, 0.25) is 0 Å². The van der Waals surface area contributed by atoms with Crippen molar-refractivity contribution in [3.8, 4) is 0 Å². The summed E-state index contributed by atoms with van der Waals surface area (Å²) < 4.78 is 28.4. The number of likely N-dealkylation sites (N-methyl/N-ethyl adjacent to an activating group) is 1. The molecule has 8 nitrogen and oxygen atoms in total. The number of hydrogen-bond donors (Lipinski definition) is 1. The van der Waals surface area contributed by atoms with E-state index in [9.17, 15) is 22.8 Å². The van der Waals surface area contributed by atoms with Gasteiger partial charge < -0.3 is 15.0 Å². The lowest BCUT2D eigenvalue weighted by molar-refractivity contribution is -0.136. The topological polar surface area (TPSA) is 110 Å². The molecule has 1 N–H and O–H groups in total. The Morgan fingerprint density at radius 3 is 2.75 bits per heavy atom. The molecule has 0 aliphatic carbocycles. The zero-order chi connectivity index (χ0) is 20.5. The zero-order valence-electron chi connectivity index (χ0n) is 15.6. The van der Waals surface area contributed by atoms with Crippen LogP contribution in [0.25, 0.3) is 0 Å². The number of thioether (sulfide) groups is 1. The van der Waals surface area contributed by atoms with E-state index in [0.29, 0.717) is 18.7 Å². The van der Waals surface area contributed by atoms with Crippen LogP contribution in [0.5, 0.6) is 0 Å². The van der Waals surface area contributed by atoms with Gasteiger partial charge in [0.15, 0.2) is 16.4 Å². The first-order valence-corrected chi connectivity index (χ1v) is 11.7. The number of amides is 2. The van der Waals surface area contributed by atoms with Crippen molar-refractivity contribution in [3.05, 3.63) is 23.8 Å². The number of nitrogens with zero attached hydrogens (tertiary/aromatic N) is 1. The number of hydrogen-bond acceptors (Lipinski definition) is 7. The molecule has 1 fully saturated rings. The van der Waals surface area contributed by atoms with E-state index in [1.54, 1.807) is 26.0 Å². The van der Waals surface area contributed by atoms with Crippen LogP contribution in [-0.2, 0) is 24.2 Å². The SMILES string of the molecule is CCN(C(=O)COC(=O)c1ccc2c(c1)NC(=O)C(C)S2)C1CCS(=O)(=O)C1. The summed E-state index contributed by atoms with van der Waals surface area (Å²) in [6.07, 6.45) is 0.399. The molecule has 1 saturated heterocycles. The molecule has 0 aromatic heterocycles. The molecule has 2 heterocycles. The first kappa shape index (κ1) is 20.7. The number of sulfone groups is 1. The first-order chi connectivity index (χ1) is 13.2. The minimum Gasteiger partial charge on any atom is -0.452 e. The van der Waals surface area contributed by atoms with Gasteiger partial charge in [-0.15, -0.1) is 11.8 Å². The summed E-state index contributed by atoms with van der Waals surface area (Å²) in [6, 6.07) is 4.47. The van der Waals surface area contributed by atoms with E-state index in [1.807, 2.05) is 0 Å². The fraction of sp³-hybridized carbons (Fsp3) is 0.500. The van der Waals surface area contributed by atoms with Crippen LogP contribution in [0.15, 0.2) is 23.1 Å². The molecular weight excluding hydrogens is 404 g/mol. The number of fused-ring (bicyclic) bond motifs is 1. The molecule has 10 heteroatoms. The lowest BCUT2D eigenvalue weighted by Crippen LogP contribution is -2.43. The van der Waals surface area contributed by atoms with Gasteiger partial charge >= 0.3 is 5.97 Å². The van der Waals surface area contributed by atoms with E-state index in [4.69, 9.17) is 4.74 Å². The summed E-state index contributed by atoms with van der Waals surface area (Å²) in [7, 11) is -3.11. The minimum atomic E-state index is -3.11. The Kier molecular flexibility index (Phi) is 5.99. The number of ether oxygens (including phenoxy) is 1. The highest BCUT2D eigenvalue weighted by molar-refractivity contribution is 8.01. The van der Waals surface area contributed by atoms with E-state index in [-0.39, 0.29) is 34.3 Å². The summed E-state index contributed by atoms with van der Waals surface area (Å²) in [5.41, 5.74) is 0.772. The smallest absolute Gasteiger partial charge is 0.338 e. The van der Waals surface area contributed by atoms with E-state index in [0.717, 1.165) is 4.90 Å². The van der Waals surface area contributed by atoms with Gasteiger partial charge in [0.25, 0.3) is 5.91 Å². The minimum absolute atomic E-state index is 0.0544. The Morgan fingerprint density at radius 2 is 2.11 bits per heavy atom. The lowest BCUT2D eigenvalue weighted by Gasteiger charge is -2.26. The first-order valence-electron chi connectivity index (χ1n) is 8.98. The Hall–Kier alpha value is -2.07. The number of rotatable bonds is 5. The number of benzene rings is 1. The van der Waals surface area contributed by atoms with Gasteiger partial charge in [-0.05, 0) is 38.5 Å². The zero-order valence-corrected chi connectivity index (χ0v) is 17.3. The average Bonchev–Trinajstić information content (AvgIpc) is 3.00. The van der Waals surface area contributed by atoms with Crippen molar-refractivity contribution in [1.29, 1.82) is 0 Å². The third-order valence-corrected chi connectivity index (χ3v) is 7.71. The second kappa shape index (κ2) is 8.12. The van der Waals surface area contributed by atoms with Crippen LogP contribution in [-0.4, -0.2) is 67.1 Å². The Morgan fingerprint density at radius 1 is 1.36 bits per heavy atom. The Bertz CT molecular complexity index is 915. The van der Waals surface area contributed by atoms with Crippen molar-refractivity contribution in [2.75, 3.05) is 30.0 Å². The van der Waals surface area contributed by atoms with E-state index >= 15 is 0 Å². The second-order valence-electron chi connectivity index (χ2n) is 6.77. The molecule has 2 atom stereocenters. The van der Waals surface area contributed by atoms with Crippen molar-refractivity contribution in [2.24, 2.45) is 0 Å². The average molecular weight is 427 g/mol. The third kappa shape index (κ3) is 4.49. The normalized spacial score (nSPS) is 22.9. The Balaban J connectivity index is 1.61. The Labute approximate surface area is 167 Å². The van der Waals surface area contributed by atoms with Crippen molar-refractivity contribution in [2.45, 2.75) is 36.5 Å². The van der Waals surface area contributed by atoms with Crippen LogP contribution in [0.4, 0.5) is 5.69 Å². The summed E-state index contributed by atoms with van der Waals surface area (Å²) in [6.45, 7) is 3.44. The van der Waals surface area contributed by atoms with Gasteiger partial charge in [0.05, 0.1) is 28.0 Å². The lowest BCUT2D eigenvalue weighted by atomic mass is 10.2. The molecule has 0 spiro atoms. The summed E-state index contributed by atoms with van der Waals surface area (Å²) in [5, 5.41) is 2.54. The molecule has 0 saturated carbocycles. The number of nitrogens with one attached hydrogen (secondary N) is 1. The van der Waals surface area contributed by atoms with Gasteiger partial charge in [0, 0.05) is 17.5 Å². The second-order valence-corrected chi connectivity index (χ2v) is 10.4. The number of carbonyl (C=O) groups excluding carboxylic acids is 3.